The third-order valence-corrected chi connectivity index (χ3v) is 3.03. The van der Waals surface area contributed by atoms with E-state index in [9.17, 15) is 4.79 Å². The molecule has 0 bridgehead atoms. The normalized spacial score (nSPS) is 10.3. The standard InChI is InChI=1S/C16H16O2/c1-2-14-11-13(8-9-15(14)16(17)18)10-12-6-4-3-5-7-12/h3-9,11H,2,10H2,1H3,(H,17,18). The first-order valence-electron chi connectivity index (χ1n) is 6.09. The Labute approximate surface area is 107 Å². The molecule has 2 heteroatoms. The van der Waals surface area contributed by atoms with E-state index in [0.29, 0.717) is 5.56 Å². The molecule has 0 spiro atoms. The molecule has 0 aliphatic rings. The molecule has 92 valence electrons. The Morgan fingerprint density at radius 3 is 2.39 bits per heavy atom. The molecule has 0 saturated heterocycles. The molecule has 0 aliphatic carbocycles. The van der Waals surface area contributed by atoms with E-state index in [1.165, 1.54) is 5.56 Å². The van der Waals surface area contributed by atoms with Crippen LogP contribution in [0.25, 0.3) is 0 Å². The van der Waals surface area contributed by atoms with Crippen molar-refractivity contribution in [2.45, 2.75) is 19.8 Å². The molecule has 0 atom stereocenters. The third-order valence-electron chi connectivity index (χ3n) is 3.03. The highest BCUT2D eigenvalue weighted by atomic mass is 16.4. The molecule has 2 aromatic carbocycles. The number of benzene rings is 2. The zero-order valence-corrected chi connectivity index (χ0v) is 10.4. The van der Waals surface area contributed by atoms with Crippen LogP contribution in [0.2, 0.25) is 0 Å². The van der Waals surface area contributed by atoms with Gasteiger partial charge in [-0.2, -0.15) is 0 Å². The van der Waals surface area contributed by atoms with Crippen LogP contribution in [0.1, 0.15) is 34.0 Å². The largest absolute Gasteiger partial charge is 0.478 e. The Bertz CT molecular complexity index is 544. The molecule has 0 saturated carbocycles. The second-order valence-electron chi connectivity index (χ2n) is 4.31. The molecule has 0 radical (unpaired) electrons. The minimum absolute atomic E-state index is 0.411. The zero-order chi connectivity index (χ0) is 13.0. The van der Waals surface area contributed by atoms with Crippen LogP contribution < -0.4 is 0 Å². The first kappa shape index (κ1) is 12.4. The van der Waals surface area contributed by atoms with Gasteiger partial charge < -0.3 is 5.11 Å². The molecular formula is C16H16O2. The molecule has 2 nitrogen and oxygen atoms in total. The number of carboxylic acids is 1. The lowest BCUT2D eigenvalue weighted by Crippen LogP contribution is -2.02. The average molecular weight is 240 g/mol. The Kier molecular flexibility index (Phi) is 3.78. The van der Waals surface area contributed by atoms with Crippen LogP contribution in [0.15, 0.2) is 48.5 Å². The quantitative estimate of drug-likeness (QED) is 0.887. The lowest BCUT2D eigenvalue weighted by Gasteiger charge is -2.07. The summed E-state index contributed by atoms with van der Waals surface area (Å²) in [7, 11) is 0. The summed E-state index contributed by atoms with van der Waals surface area (Å²) in [6.07, 6.45) is 1.58. The Morgan fingerprint density at radius 1 is 1.06 bits per heavy atom. The van der Waals surface area contributed by atoms with E-state index in [4.69, 9.17) is 5.11 Å². The molecule has 2 aromatic rings. The van der Waals surface area contributed by atoms with Gasteiger partial charge in [-0.1, -0.05) is 49.4 Å². The van der Waals surface area contributed by atoms with Crippen molar-refractivity contribution >= 4 is 5.97 Å². The summed E-state index contributed by atoms with van der Waals surface area (Å²) in [4.78, 5) is 11.1. The fraction of sp³-hybridized carbons (Fsp3) is 0.188. The van der Waals surface area contributed by atoms with Crippen molar-refractivity contribution in [2.75, 3.05) is 0 Å². The number of aromatic carboxylic acids is 1. The van der Waals surface area contributed by atoms with Gasteiger partial charge in [-0.25, -0.2) is 4.79 Å². The van der Waals surface area contributed by atoms with Crippen LogP contribution in [-0.4, -0.2) is 11.1 Å². The van der Waals surface area contributed by atoms with E-state index < -0.39 is 5.97 Å². The number of hydrogen-bond donors (Lipinski definition) is 1. The summed E-state index contributed by atoms with van der Waals surface area (Å²) < 4.78 is 0. The molecule has 0 aromatic heterocycles. The van der Waals surface area contributed by atoms with Crippen molar-refractivity contribution < 1.29 is 9.90 Å². The van der Waals surface area contributed by atoms with E-state index in [0.717, 1.165) is 24.0 Å². The third kappa shape index (κ3) is 2.77. The fourth-order valence-electron chi connectivity index (χ4n) is 2.09. The van der Waals surface area contributed by atoms with Gasteiger partial charge in [0.05, 0.1) is 5.56 Å². The van der Waals surface area contributed by atoms with Crippen LogP contribution in [-0.2, 0) is 12.8 Å². The average Bonchev–Trinajstić information content (AvgIpc) is 2.39. The van der Waals surface area contributed by atoms with Crippen molar-refractivity contribution in [1.29, 1.82) is 0 Å². The van der Waals surface area contributed by atoms with Crippen LogP contribution in [0.3, 0.4) is 0 Å². The van der Waals surface area contributed by atoms with Crippen molar-refractivity contribution in [2.24, 2.45) is 0 Å². The number of carboxylic acid groups (broad SMARTS) is 1. The summed E-state index contributed by atoms with van der Waals surface area (Å²) in [6.45, 7) is 1.98. The summed E-state index contributed by atoms with van der Waals surface area (Å²) >= 11 is 0. The lowest BCUT2D eigenvalue weighted by molar-refractivity contribution is 0.0695. The molecular weight excluding hydrogens is 224 g/mol. The monoisotopic (exact) mass is 240 g/mol. The van der Waals surface area contributed by atoms with Gasteiger partial charge in [-0.05, 0) is 35.6 Å². The van der Waals surface area contributed by atoms with E-state index in [1.807, 2.05) is 37.3 Å². The van der Waals surface area contributed by atoms with Gasteiger partial charge >= 0.3 is 5.97 Å². The molecule has 0 unspecified atom stereocenters. The van der Waals surface area contributed by atoms with Crippen molar-refractivity contribution in [1.82, 2.24) is 0 Å². The first-order chi connectivity index (χ1) is 8.70. The Balaban J connectivity index is 2.28. The lowest BCUT2D eigenvalue weighted by atomic mass is 9.98. The minimum atomic E-state index is -0.849. The zero-order valence-electron chi connectivity index (χ0n) is 10.4. The highest BCUT2D eigenvalue weighted by Gasteiger charge is 2.09. The SMILES string of the molecule is CCc1cc(Cc2ccccc2)ccc1C(=O)O. The van der Waals surface area contributed by atoms with Crippen molar-refractivity contribution in [3.63, 3.8) is 0 Å². The van der Waals surface area contributed by atoms with Gasteiger partial charge in [0.2, 0.25) is 0 Å². The maximum absolute atomic E-state index is 11.1. The number of carbonyl (C=O) groups is 1. The topological polar surface area (TPSA) is 37.3 Å². The highest BCUT2D eigenvalue weighted by molar-refractivity contribution is 5.89. The summed E-state index contributed by atoms with van der Waals surface area (Å²) in [6, 6.07) is 15.8. The molecule has 1 N–H and O–H groups in total. The molecule has 2 rings (SSSR count). The van der Waals surface area contributed by atoms with Crippen LogP contribution >= 0.6 is 0 Å². The van der Waals surface area contributed by atoms with Gasteiger partial charge in [0.25, 0.3) is 0 Å². The van der Waals surface area contributed by atoms with Gasteiger partial charge in [0.15, 0.2) is 0 Å². The summed E-state index contributed by atoms with van der Waals surface area (Å²) in [5.41, 5.74) is 3.70. The second kappa shape index (κ2) is 5.50. The van der Waals surface area contributed by atoms with Crippen LogP contribution in [0.5, 0.6) is 0 Å². The first-order valence-corrected chi connectivity index (χ1v) is 6.09. The van der Waals surface area contributed by atoms with E-state index in [-0.39, 0.29) is 0 Å². The van der Waals surface area contributed by atoms with Crippen LogP contribution in [0, 0.1) is 0 Å². The highest BCUT2D eigenvalue weighted by Crippen LogP contribution is 2.16. The molecule has 0 fully saturated rings. The van der Waals surface area contributed by atoms with Crippen molar-refractivity contribution in [3.8, 4) is 0 Å². The van der Waals surface area contributed by atoms with E-state index >= 15 is 0 Å². The molecule has 0 heterocycles. The maximum atomic E-state index is 11.1. The fourth-order valence-corrected chi connectivity index (χ4v) is 2.09. The number of rotatable bonds is 4. The predicted molar refractivity (Wildman–Crippen MR) is 72.0 cm³/mol. The molecule has 0 amide bonds. The van der Waals surface area contributed by atoms with Gasteiger partial charge in [0.1, 0.15) is 0 Å². The van der Waals surface area contributed by atoms with Gasteiger partial charge in [-0.3, -0.25) is 0 Å². The second-order valence-corrected chi connectivity index (χ2v) is 4.31. The smallest absolute Gasteiger partial charge is 0.335 e. The van der Waals surface area contributed by atoms with Crippen LogP contribution in [0.4, 0.5) is 0 Å². The maximum Gasteiger partial charge on any atom is 0.335 e. The van der Waals surface area contributed by atoms with Gasteiger partial charge in [-0.15, -0.1) is 0 Å². The number of hydrogen-bond acceptors (Lipinski definition) is 1. The summed E-state index contributed by atoms with van der Waals surface area (Å²) in [5.74, 6) is -0.849. The molecule has 18 heavy (non-hydrogen) atoms. The predicted octanol–water partition coefficient (Wildman–Crippen LogP) is 3.54. The Hall–Kier alpha value is -2.09. The Morgan fingerprint density at radius 2 is 1.78 bits per heavy atom. The van der Waals surface area contributed by atoms with Crippen molar-refractivity contribution in [3.05, 3.63) is 70.8 Å². The molecule has 0 aliphatic heterocycles. The van der Waals surface area contributed by atoms with E-state index in [2.05, 4.69) is 12.1 Å². The van der Waals surface area contributed by atoms with E-state index in [1.54, 1.807) is 6.07 Å². The number of aryl methyl sites for hydroxylation is 1. The minimum Gasteiger partial charge on any atom is -0.478 e. The summed E-state index contributed by atoms with van der Waals surface area (Å²) in [5, 5.41) is 9.08. The van der Waals surface area contributed by atoms with Gasteiger partial charge in [0, 0.05) is 0 Å².